The van der Waals surface area contributed by atoms with E-state index in [9.17, 15) is 4.39 Å². The Morgan fingerprint density at radius 2 is 1.88 bits per heavy atom. The number of halogens is 1. The summed E-state index contributed by atoms with van der Waals surface area (Å²) in [6.45, 7) is 1.87. The molecule has 0 unspecified atom stereocenters. The standard InChI is InChI=1S/C12H11FN2OS/c1-8-7-11(15-12(14-8)17-2)16-10-5-3-9(13)4-6-10/h3-7H,1-2H3. The van der Waals surface area contributed by atoms with Gasteiger partial charge in [0.15, 0.2) is 5.16 Å². The van der Waals surface area contributed by atoms with Gasteiger partial charge in [-0.2, -0.15) is 4.98 Å². The van der Waals surface area contributed by atoms with Gasteiger partial charge in [0.2, 0.25) is 5.88 Å². The number of hydrogen-bond donors (Lipinski definition) is 0. The lowest BCUT2D eigenvalue weighted by Crippen LogP contribution is -1.94. The molecule has 0 spiro atoms. The number of aryl methyl sites for hydroxylation is 1. The van der Waals surface area contributed by atoms with Gasteiger partial charge < -0.3 is 4.74 Å². The first-order valence-electron chi connectivity index (χ1n) is 5.00. The molecule has 1 aromatic heterocycles. The molecular weight excluding hydrogens is 239 g/mol. The summed E-state index contributed by atoms with van der Waals surface area (Å²) in [6, 6.07) is 7.55. The van der Waals surface area contributed by atoms with Crippen molar-refractivity contribution < 1.29 is 9.13 Å². The minimum Gasteiger partial charge on any atom is -0.439 e. The molecule has 0 saturated carbocycles. The Morgan fingerprint density at radius 3 is 2.53 bits per heavy atom. The van der Waals surface area contributed by atoms with Gasteiger partial charge in [-0.15, -0.1) is 0 Å². The fraction of sp³-hybridized carbons (Fsp3) is 0.167. The molecule has 1 aromatic carbocycles. The van der Waals surface area contributed by atoms with Crippen LogP contribution in [0.2, 0.25) is 0 Å². The van der Waals surface area contributed by atoms with E-state index in [1.54, 1.807) is 18.2 Å². The Kier molecular flexibility index (Phi) is 3.58. The highest BCUT2D eigenvalue weighted by atomic mass is 32.2. The molecule has 0 amide bonds. The molecule has 3 nitrogen and oxygen atoms in total. The van der Waals surface area contributed by atoms with E-state index >= 15 is 0 Å². The smallest absolute Gasteiger partial charge is 0.223 e. The molecule has 88 valence electrons. The molecule has 0 bridgehead atoms. The SMILES string of the molecule is CSc1nc(C)cc(Oc2ccc(F)cc2)n1. The van der Waals surface area contributed by atoms with Crippen LogP contribution in [-0.4, -0.2) is 16.2 Å². The van der Waals surface area contributed by atoms with Crippen molar-refractivity contribution in [2.45, 2.75) is 12.1 Å². The monoisotopic (exact) mass is 250 g/mol. The summed E-state index contributed by atoms with van der Waals surface area (Å²) in [5, 5.41) is 0.655. The Balaban J connectivity index is 2.23. The second-order valence-electron chi connectivity index (χ2n) is 3.39. The number of rotatable bonds is 3. The van der Waals surface area contributed by atoms with E-state index in [-0.39, 0.29) is 5.82 Å². The predicted octanol–water partition coefficient (Wildman–Crippen LogP) is 3.44. The second kappa shape index (κ2) is 5.14. The summed E-state index contributed by atoms with van der Waals surface area (Å²) < 4.78 is 18.2. The molecule has 5 heteroatoms. The van der Waals surface area contributed by atoms with Gasteiger partial charge in [0.1, 0.15) is 11.6 Å². The molecule has 0 aliphatic heterocycles. The van der Waals surface area contributed by atoms with E-state index in [2.05, 4.69) is 9.97 Å². The Bertz CT molecular complexity index is 516. The first-order valence-corrected chi connectivity index (χ1v) is 6.23. The van der Waals surface area contributed by atoms with Crippen LogP contribution in [0, 0.1) is 12.7 Å². The molecule has 1 heterocycles. The zero-order valence-corrected chi connectivity index (χ0v) is 10.3. The zero-order chi connectivity index (χ0) is 12.3. The fourth-order valence-electron chi connectivity index (χ4n) is 1.28. The van der Waals surface area contributed by atoms with Gasteiger partial charge in [-0.3, -0.25) is 0 Å². The minimum absolute atomic E-state index is 0.291. The second-order valence-corrected chi connectivity index (χ2v) is 4.16. The van der Waals surface area contributed by atoms with Crippen LogP contribution in [0.5, 0.6) is 11.6 Å². The largest absolute Gasteiger partial charge is 0.439 e. The Hall–Kier alpha value is -1.62. The van der Waals surface area contributed by atoms with Crippen molar-refractivity contribution >= 4 is 11.8 Å². The van der Waals surface area contributed by atoms with Crippen LogP contribution in [0.3, 0.4) is 0 Å². The lowest BCUT2D eigenvalue weighted by atomic mass is 10.3. The Labute approximate surface area is 103 Å². The van der Waals surface area contributed by atoms with E-state index in [4.69, 9.17) is 4.74 Å². The third-order valence-corrected chi connectivity index (χ3v) is 2.58. The third-order valence-electron chi connectivity index (χ3n) is 2.03. The summed E-state index contributed by atoms with van der Waals surface area (Å²) in [5.41, 5.74) is 0.835. The number of aromatic nitrogens is 2. The normalized spacial score (nSPS) is 10.3. The summed E-state index contributed by atoms with van der Waals surface area (Å²) in [7, 11) is 0. The Morgan fingerprint density at radius 1 is 1.18 bits per heavy atom. The van der Waals surface area contributed by atoms with Crippen molar-refractivity contribution in [1.82, 2.24) is 9.97 Å². The maximum absolute atomic E-state index is 12.7. The molecule has 0 radical (unpaired) electrons. The van der Waals surface area contributed by atoms with Gasteiger partial charge in [-0.1, -0.05) is 11.8 Å². The van der Waals surface area contributed by atoms with Crippen LogP contribution >= 0.6 is 11.8 Å². The number of ether oxygens (including phenoxy) is 1. The van der Waals surface area contributed by atoms with Crippen molar-refractivity contribution in [3.05, 3.63) is 41.8 Å². The number of hydrogen-bond acceptors (Lipinski definition) is 4. The van der Waals surface area contributed by atoms with Crippen molar-refractivity contribution in [2.24, 2.45) is 0 Å². The summed E-state index contributed by atoms with van der Waals surface area (Å²) in [4.78, 5) is 8.43. The van der Waals surface area contributed by atoms with Crippen LogP contribution in [0.4, 0.5) is 4.39 Å². The highest BCUT2D eigenvalue weighted by molar-refractivity contribution is 7.98. The number of nitrogens with zero attached hydrogens (tertiary/aromatic N) is 2. The molecule has 2 rings (SSSR count). The molecule has 0 aliphatic carbocycles. The van der Waals surface area contributed by atoms with Crippen LogP contribution in [0.1, 0.15) is 5.69 Å². The highest BCUT2D eigenvalue weighted by Gasteiger charge is 2.03. The lowest BCUT2D eigenvalue weighted by molar-refractivity contribution is 0.453. The van der Waals surface area contributed by atoms with Gasteiger partial charge in [-0.25, -0.2) is 9.37 Å². The molecule has 0 aliphatic rings. The van der Waals surface area contributed by atoms with Crippen molar-refractivity contribution in [2.75, 3.05) is 6.26 Å². The van der Waals surface area contributed by atoms with Gasteiger partial charge in [-0.05, 0) is 37.4 Å². The highest BCUT2D eigenvalue weighted by Crippen LogP contribution is 2.22. The maximum atomic E-state index is 12.7. The number of benzene rings is 1. The van der Waals surface area contributed by atoms with E-state index in [0.29, 0.717) is 16.8 Å². The van der Waals surface area contributed by atoms with Gasteiger partial charge in [0.25, 0.3) is 0 Å². The van der Waals surface area contributed by atoms with Crippen molar-refractivity contribution in [3.8, 4) is 11.6 Å². The average molecular weight is 250 g/mol. The predicted molar refractivity (Wildman–Crippen MR) is 65.0 cm³/mol. The number of thioether (sulfide) groups is 1. The van der Waals surface area contributed by atoms with Gasteiger partial charge in [0, 0.05) is 11.8 Å². The minimum atomic E-state index is -0.291. The first-order chi connectivity index (χ1) is 8.17. The van der Waals surface area contributed by atoms with Crippen LogP contribution in [0.15, 0.2) is 35.5 Å². The van der Waals surface area contributed by atoms with E-state index in [1.165, 1.54) is 23.9 Å². The van der Waals surface area contributed by atoms with Crippen molar-refractivity contribution in [3.63, 3.8) is 0 Å². The van der Waals surface area contributed by atoms with Gasteiger partial charge in [0.05, 0.1) is 0 Å². The van der Waals surface area contributed by atoms with Crippen LogP contribution < -0.4 is 4.74 Å². The quantitative estimate of drug-likeness (QED) is 0.617. The topological polar surface area (TPSA) is 35.0 Å². The average Bonchev–Trinajstić information content (AvgIpc) is 2.31. The third kappa shape index (κ3) is 3.17. The summed E-state index contributed by atoms with van der Waals surface area (Å²) >= 11 is 1.45. The van der Waals surface area contributed by atoms with E-state index in [1.807, 2.05) is 13.2 Å². The fourth-order valence-corrected chi connectivity index (χ4v) is 1.70. The molecule has 0 atom stereocenters. The maximum Gasteiger partial charge on any atom is 0.223 e. The van der Waals surface area contributed by atoms with Crippen molar-refractivity contribution in [1.29, 1.82) is 0 Å². The molecule has 17 heavy (non-hydrogen) atoms. The lowest BCUT2D eigenvalue weighted by Gasteiger charge is -2.06. The van der Waals surface area contributed by atoms with Gasteiger partial charge >= 0.3 is 0 Å². The molecule has 0 fully saturated rings. The van der Waals surface area contributed by atoms with E-state index < -0.39 is 0 Å². The molecule has 2 aromatic rings. The zero-order valence-electron chi connectivity index (χ0n) is 9.48. The van der Waals surface area contributed by atoms with E-state index in [0.717, 1.165) is 5.69 Å². The molecular formula is C12H11FN2OS. The van der Waals surface area contributed by atoms with Crippen LogP contribution in [0.25, 0.3) is 0 Å². The summed E-state index contributed by atoms with van der Waals surface area (Å²) in [5.74, 6) is 0.728. The summed E-state index contributed by atoms with van der Waals surface area (Å²) in [6.07, 6.45) is 1.90. The molecule has 0 saturated heterocycles. The molecule has 0 N–H and O–H groups in total. The first kappa shape index (κ1) is 11.9. The van der Waals surface area contributed by atoms with Crippen LogP contribution in [-0.2, 0) is 0 Å².